The largest absolute Gasteiger partial charge is 0.372 e. The van der Waals surface area contributed by atoms with Crippen molar-refractivity contribution in [3.8, 4) is 0 Å². The molecule has 66 valence electrons. The minimum absolute atomic E-state index is 0.250. The number of amides is 1. The molecule has 0 unspecified atom stereocenters. The third-order valence-electron chi connectivity index (χ3n) is 1.39. The lowest BCUT2D eigenvalue weighted by Gasteiger charge is -1.97. The van der Waals surface area contributed by atoms with E-state index in [1.54, 1.807) is 12.3 Å². The molecule has 0 aromatic carbocycles. The van der Waals surface area contributed by atoms with Crippen molar-refractivity contribution < 1.29 is 4.79 Å². The highest BCUT2D eigenvalue weighted by molar-refractivity contribution is 6.31. The average molecular weight is 187 g/mol. The zero-order chi connectivity index (χ0) is 9.56. The first-order valence-corrected chi connectivity index (χ1v) is 3.74. The van der Waals surface area contributed by atoms with Crippen molar-refractivity contribution in [1.82, 2.24) is 4.98 Å². The summed E-state index contributed by atoms with van der Waals surface area (Å²) < 4.78 is 0. The van der Waals surface area contributed by atoms with Gasteiger partial charge in [0.05, 0.1) is 0 Å². The van der Waals surface area contributed by atoms with Gasteiger partial charge in [-0.2, -0.15) is 0 Å². The minimum atomic E-state index is 0.250. The number of halogens is 1. The van der Waals surface area contributed by atoms with Gasteiger partial charge in [0.15, 0.2) is 0 Å². The monoisotopic (exact) mass is 186 g/mol. The van der Waals surface area contributed by atoms with Crippen LogP contribution in [0.1, 0.15) is 11.3 Å². The van der Waals surface area contributed by atoms with Crippen molar-refractivity contribution in [2.75, 3.05) is 0 Å². The SMILES string of the molecule is Cc1nccc(Cl)c1C.NC=O. The molecular formula is C8H11ClN2O. The fourth-order valence-electron chi connectivity index (χ4n) is 0.609. The number of aryl methyl sites for hydroxylation is 1. The van der Waals surface area contributed by atoms with E-state index in [0.717, 1.165) is 16.3 Å². The van der Waals surface area contributed by atoms with Gasteiger partial charge in [0.2, 0.25) is 6.41 Å². The zero-order valence-corrected chi connectivity index (χ0v) is 7.80. The minimum Gasteiger partial charge on any atom is -0.372 e. The Labute approximate surface area is 76.6 Å². The number of hydrogen-bond donors (Lipinski definition) is 1. The first kappa shape index (κ1) is 10.9. The van der Waals surface area contributed by atoms with Gasteiger partial charge in [0, 0.05) is 16.9 Å². The Bertz CT molecular complexity index is 243. The van der Waals surface area contributed by atoms with Crippen molar-refractivity contribution in [3.05, 3.63) is 28.5 Å². The molecule has 0 fully saturated rings. The molecule has 0 atom stereocenters. The number of rotatable bonds is 0. The molecule has 0 aliphatic rings. The van der Waals surface area contributed by atoms with Gasteiger partial charge in [0.1, 0.15) is 0 Å². The standard InChI is InChI=1S/C7H8ClN.CH3NO/c1-5-6(2)9-4-3-7(5)8;2-1-3/h3-4H,1-2H3;1H,(H2,2,3). The topological polar surface area (TPSA) is 56.0 Å². The molecule has 0 spiro atoms. The van der Waals surface area contributed by atoms with Gasteiger partial charge in [-0.1, -0.05) is 11.6 Å². The molecule has 1 aromatic rings. The van der Waals surface area contributed by atoms with Crippen LogP contribution >= 0.6 is 11.6 Å². The number of primary amides is 1. The number of aromatic nitrogens is 1. The van der Waals surface area contributed by atoms with Gasteiger partial charge in [-0.05, 0) is 25.5 Å². The fraction of sp³-hybridized carbons (Fsp3) is 0.250. The van der Waals surface area contributed by atoms with Crippen molar-refractivity contribution >= 4 is 18.0 Å². The number of carbonyl (C=O) groups is 1. The molecule has 2 N–H and O–H groups in total. The Kier molecular flexibility index (Phi) is 5.04. The molecule has 1 rings (SSSR count). The van der Waals surface area contributed by atoms with Gasteiger partial charge in [-0.3, -0.25) is 9.78 Å². The summed E-state index contributed by atoms with van der Waals surface area (Å²) in [6.07, 6.45) is 1.96. The molecule has 0 saturated carbocycles. The maximum atomic E-state index is 8.58. The van der Waals surface area contributed by atoms with E-state index in [-0.39, 0.29) is 6.41 Å². The molecular weight excluding hydrogens is 176 g/mol. The van der Waals surface area contributed by atoms with Gasteiger partial charge in [0.25, 0.3) is 0 Å². The van der Waals surface area contributed by atoms with Crippen LogP contribution < -0.4 is 5.73 Å². The normalized spacial score (nSPS) is 8.25. The lowest BCUT2D eigenvalue weighted by atomic mass is 10.2. The number of nitrogens with two attached hydrogens (primary N) is 1. The lowest BCUT2D eigenvalue weighted by molar-refractivity contribution is -0.106. The molecule has 0 aliphatic heterocycles. The van der Waals surface area contributed by atoms with Gasteiger partial charge in [-0.25, -0.2) is 0 Å². The Hall–Kier alpha value is -1.09. The van der Waals surface area contributed by atoms with E-state index in [0.29, 0.717) is 0 Å². The van der Waals surface area contributed by atoms with E-state index >= 15 is 0 Å². The summed E-state index contributed by atoms with van der Waals surface area (Å²) in [6.45, 7) is 3.91. The third-order valence-corrected chi connectivity index (χ3v) is 1.80. The molecule has 0 bridgehead atoms. The van der Waals surface area contributed by atoms with Crippen LogP contribution in [0, 0.1) is 13.8 Å². The van der Waals surface area contributed by atoms with Crippen molar-refractivity contribution in [2.24, 2.45) is 5.73 Å². The van der Waals surface area contributed by atoms with Gasteiger partial charge in [-0.15, -0.1) is 0 Å². The summed E-state index contributed by atoms with van der Waals surface area (Å²) in [5, 5.41) is 0.794. The van der Waals surface area contributed by atoms with Crippen LogP contribution in [0.4, 0.5) is 0 Å². The smallest absolute Gasteiger partial charge is 0.204 e. The predicted molar refractivity (Wildman–Crippen MR) is 49.0 cm³/mol. The molecule has 0 radical (unpaired) electrons. The maximum Gasteiger partial charge on any atom is 0.204 e. The van der Waals surface area contributed by atoms with Crippen molar-refractivity contribution in [2.45, 2.75) is 13.8 Å². The van der Waals surface area contributed by atoms with Crippen molar-refractivity contribution in [1.29, 1.82) is 0 Å². The van der Waals surface area contributed by atoms with E-state index in [2.05, 4.69) is 10.7 Å². The molecule has 1 amide bonds. The van der Waals surface area contributed by atoms with Crippen molar-refractivity contribution in [3.63, 3.8) is 0 Å². The summed E-state index contributed by atoms with van der Waals surface area (Å²) in [6, 6.07) is 1.80. The Morgan fingerprint density at radius 1 is 1.58 bits per heavy atom. The maximum absolute atomic E-state index is 8.58. The molecule has 0 aliphatic carbocycles. The highest BCUT2D eigenvalue weighted by Gasteiger charge is 1.95. The van der Waals surface area contributed by atoms with Crippen LogP contribution in [0.25, 0.3) is 0 Å². The molecule has 1 heterocycles. The Morgan fingerprint density at radius 2 is 2.08 bits per heavy atom. The zero-order valence-electron chi connectivity index (χ0n) is 7.04. The second-order valence-electron chi connectivity index (χ2n) is 2.14. The molecule has 0 saturated heterocycles. The first-order chi connectivity index (χ1) is 5.63. The van der Waals surface area contributed by atoms with Crippen LogP contribution in [0.2, 0.25) is 5.02 Å². The summed E-state index contributed by atoms with van der Waals surface area (Å²) in [5.41, 5.74) is 6.24. The summed E-state index contributed by atoms with van der Waals surface area (Å²) in [7, 11) is 0. The Morgan fingerprint density at radius 3 is 2.42 bits per heavy atom. The highest BCUT2D eigenvalue weighted by Crippen LogP contribution is 2.14. The quantitative estimate of drug-likeness (QED) is 0.624. The second-order valence-corrected chi connectivity index (χ2v) is 2.55. The third kappa shape index (κ3) is 3.34. The van der Waals surface area contributed by atoms with E-state index in [1.165, 1.54) is 0 Å². The number of nitrogens with zero attached hydrogens (tertiary/aromatic N) is 1. The van der Waals surface area contributed by atoms with E-state index in [9.17, 15) is 0 Å². The summed E-state index contributed by atoms with van der Waals surface area (Å²) in [4.78, 5) is 12.6. The van der Waals surface area contributed by atoms with Gasteiger partial charge >= 0.3 is 0 Å². The van der Waals surface area contributed by atoms with Crippen LogP contribution in [0.15, 0.2) is 12.3 Å². The first-order valence-electron chi connectivity index (χ1n) is 3.36. The molecule has 12 heavy (non-hydrogen) atoms. The second kappa shape index (κ2) is 5.55. The van der Waals surface area contributed by atoms with E-state index in [4.69, 9.17) is 16.4 Å². The molecule has 4 heteroatoms. The highest BCUT2D eigenvalue weighted by atomic mass is 35.5. The lowest BCUT2D eigenvalue weighted by Crippen LogP contribution is -1.84. The van der Waals surface area contributed by atoms with Crippen LogP contribution in [0.5, 0.6) is 0 Å². The van der Waals surface area contributed by atoms with E-state index in [1.807, 2.05) is 13.8 Å². The van der Waals surface area contributed by atoms with Crippen LogP contribution in [-0.4, -0.2) is 11.4 Å². The van der Waals surface area contributed by atoms with E-state index < -0.39 is 0 Å². The summed E-state index contributed by atoms with van der Waals surface area (Å²) in [5.74, 6) is 0. The molecule has 3 nitrogen and oxygen atoms in total. The predicted octanol–water partition coefficient (Wildman–Crippen LogP) is 1.45. The number of carbonyl (C=O) groups excluding carboxylic acids is 1. The van der Waals surface area contributed by atoms with Crippen LogP contribution in [-0.2, 0) is 4.79 Å². The Balaban J connectivity index is 0.000000354. The number of pyridine rings is 1. The summed E-state index contributed by atoms with van der Waals surface area (Å²) >= 11 is 5.77. The fourth-order valence-corrected chi connectivity index (χ4v) is 0.802. The average Bonchev–Trinajstić information content (AvgIpc) is 2.02. The molecule has 1 aromatic heterocycles. The number of hydrogen-bond acceptors (Lipinski definition) is 2. The van der Waals surface area contributed by atoms with Crippen LogP contribution in [0.3, 0.4) is 0 Å². The van der Waals surface area contributed by atoms with Gasteiger partial charge < -0.3 is 5.73 Å².